The zero-order chi connectivity index (χ0) is 13.5. The highest BCUT2D eigenvalue weighted by Crippen LogP contribution is 2.25. The quantitative estimate of drug-likeness (QED) is 0.719. The van der Waals surface area contributed by atoms with Crippen LogP contribution in [0.3, 0.4) is 0 Å². The molecule has 2 rings (SSSR count). The van der Waals surface area contributed by atoms with Crippen LogP contribution in [-0.2, 0) is 0 Å². The van der Waals surface area contributed by atoms with Gasteiger partial charge in [0.05, 0.1) is 0 Å². The Balaban J connectivity index is 2.05. The predicted molar refractivity (Wildman–Crippen MR) is 84.6 cm³/mol. The van der Waals surface area contributed by atoms with Crippen molar-refractivity contribution in [3.8, 4) is 0 Å². The normalized spacial score (nSPS) is 14.2. The summed E-state index contributed by atoms with van der Waals surface area (Å²) in [5.74, 6) is 0. The van der Waals surface area contributed by atoms with E-state index in [2.05, 4.69) is 67.0 Å². The summed E-state index contributed by atoms with van der Waals surface area (Å²) in [6.07, 6.45) is 3.72. The molecule has 0 aliphatic rings. The van der Waals surface area contributed by atoms with Gasteiger partial charge in [0.15, 0.2) is 0 Å². The molecule has 19 heavy (non-hydrogen) atoms. The second kappa shape index (κ2) is 7.46. The molecule has 2 heteroatoms. The van der Waals surface area contributed by atoms with Gasteiger partial charge in [-0.15, -0.1) is 11.3 Å². The maximum atomic E-state index is 3.78. The summed E-state index contributed by atoms with van der Waals surface area (Å²) in [5.41, 5.74) is 1.40. The van der Waals surface area contributed by atoms with Crippen molar-refractivity contribution in [2.24, 2.45) is 0 Å². The first-order chi connectivity index (χ1) is 9.31. The van der Waals surface area contributed by atoms with Crippen molar-refractivity contribution in [3.63, 3.8) is 0 Å². The zero-order valence-electron chi connectivity index (χ0n) is 11.8. The molecular weight excluding hydrogens is 250 g/mol. The van der Waals surface area contributed by atoms with Crippen LogP contribution < -0.4 is 5.32 Å². The van der Waals surface area contributed by atoms with Crippen molar-refractivity contribution in [1.82, 2.24) is 5.32 Å². The molecule has 1 aromatic carbocycles. The highest BCUT2D eigenvalue weighted by atomic mass is 32.1. The summed E-state index contributed by atoms with van der Waals surface area (Å²) in [4.78, 5) is 1.41. The molecule has 1 heterocycles. The summed E-state index contributed by atoms with van der Waals surface area (Å²) in [5, 5.41) is 5.93. The number of thiophene rings is 1. The highest BCUT2D eigenvalue weighted by Gasteiger charge is 2.15. The van der Waals surface area contributed by atoms with E-state index in [9.17, 15) is 0 Å². The third kappa shape index (κ3) is 4.19. The number of benzene rings is 1. The molecule has 1 N–H and O–H groups in total. The second-order valence-corrected chi connectivity index (χ2v) is 5.99. The second-order valence-electron chi connectivity index (χ2n) is 5.01. The molecule has 0 fully saturated rings. The molecule has 2 atom stereocenters. The third-order valence-electron chi connectivity index (χ3n) is 3.47. The van der Waals surface area contributed by atoms with Gasteiger partial charge in [0, 0.05) is 17.0 Å². The van der Waals surface area contributed by atoms with Crippen molar-refractivity contribution in [2.45, 2.75) is 45.2 Å². The fraction of sp³-hybridized carbons (Fsp3) is 0.412. The lowest BCUT2D eigenvalue weighted by Crippen LogP contribution is -2.24. The van der Waals surface area contributed by atoms with Gasteiger partial charge in [-0.05, 0) is 30.4 Å². The van der Waals surface area contributed by atoms with E-state index in [1.807, 2.05) is 11.3 Å². The average molecular weight is 273 g/mol. The molecule has 0 aliphatic carbocycles. The molecule has 2 aromatic rings. The van der Waals surface area contributed by atoms with Crippen LogP contribution in [0.15, 0.2) is 47.8 Å². The van der Waals surface area contributed by atoms with Crippen molar-refractivity contribution in [3.05, 3.63) is 58.3 Å². The van der Waals surface area contributed by atoms with Crippen molar-refractivity contribution < 1.29 is 0 Å². The minimum absolute atomic E-state index is 0.419. The van der Waals surface area contributed by atoms with E-state index in [1.165, 1.54) is 29.7 Å². The van der Waals surface area contributed by atoms with E-state index in [0.29, 0.717) is 12.1 Å². The summed E-state index contributed by atoms with van der Waals surface area (Å²) >= 11 is 1.83. The van der Waals surface area contributed by atoms with E-state index >= 15 is 0 Å². The van der Waals surface area contributed by atoms with Crippen molar-refractivity contribution >= 4 is 11.3 Å². The van der Waals surface area contributed by atoms with Gasteiger partial charge >= 0.3 is 0 Å². The van der Waals surface area contributed by atoms with Crippen molar-refractivity contribution in [1.29, 1.82) is 0 Å². The van der Waals surface area contributed by atoms with Crippen LogP contribution in [0.5, 0.6) is 0 Å². The van der Waals surface area contributed by atoms with Crippen LogP contribution in [0, 0.1) is 0 Å². The summed E-state index contributed by atoms with van der Waals surface area (Å²) in [7, 11) is 0. The first kappa shape index (κ1) is 14.3. The van der Waals surface area contributed by atoms with Gasteiger partial charge in [-0.25, -0.2) is 0 Å². The first-order valence-electron chi connectivity index (χ1n) is 7.15. The fourth-order valence-electron chi connectivity index (χ4n) is 2.36. The Labute approximate surface area is 120 Å². The van der Waals surface area contributed by atoms with Crippen LogP contribution in [-0.4, -0.2) is 0 Å². The largest absolute Gasteiger partial charge is 0.303 e. The lowest BCUT2D eigenvalue weighted by atomic mass is 10.00. The lowest BCUT2D eigenvalue weighted by molar-refractivity contribution is 0.435. The van der Waals surface area contributed by atoms with Gasteiger partial charge < -0.3 is 5.32 Å². The van der Waals surface area contributed by atoms with Crippen LogP contribution in [0.25, 0.3) is 0 Å². The Morgan fingerprint density at radius 1 is 1.11 bits per heavy atom. The van der Waals surface area contributed by atoms with E-state index in [0.717, 1.165) is 0 Å². The van der Waals surface area contributed by atoms with Gasteiger partial charge in [-0.2, -0.15) is 0 Å². The van der Waals surface area contributed by atoms with E-state index < -0.39 is 0 Å². The molecule has 0 spiro atoms. The van der Waals surface area contributed by atoms with Crippen molar-refractivity contribution in [2.75, 3.05) is 0 Å². The smallest absolute Gasteiger partial charge is 0.0391 e. The molecule has 1 nitrogen and oxygen atoms in total. The number of rotatable bonds is 7. The van der Waals surface area contributed by atoms with Gasteiger partial charge in [-0.1, -0.05) is 56.2 Å². The Kier molecular flexibility index (Phi) is 5.62. The van der Waals surface area contributed by atoms with Gasteiger partial charge in [0.2, 0.25) is 0 Å². The molecule has 0 radical (unpaired) electrons. The Hall–Kier alpha value is -1.12. The van der Waals surface area contributed by atoms with Gasteiger partial charge in [0.1, 0.15) is 0 Å². The molecule has 102 valence electrons. The summed E-state index contributed by atoms with van der Waals surface area (Å²) in [6, 6.07) is 16.0. The molecule has 1 aromatic heterocycles. The number of nitrogens with one attached hydrogen (secondary N) is 1. The topological polar surface area (TPSA) is 12.0 Å². The number of unbranched alkanes of at least 4 members (excludes halogenated alkanes) is 1. The first-order valence-corrected chi connectivity index (χ1v) is 8.03. The minimum Gasteiger partial charge on any atom is -0.303 e. The average Bonchev–Trinajstić information content (AvgIpc) is 2.98. The predicted octanol–water partition coefficient (Wildman–Crippen LogP) is 5.33. The van der Waals surface area contributed by atoms with Crippen LogP contribution in [0.1, 0.15) is 55.6 Å². The Morgan fingerprint density at radius 2 is 1.89 bits per heavy atom. The molecule has 0 saturated heterocycles. The van der Waals surface area contributed by atoms with E-state index in [4.69, 9.17) is 0 Å². The maximum Gasteiger partial charge on any atom is 0.0391 e. The van der Waals surface area contributed by atoms with E-state index in [-0.39, 0.29) is 0 Å². The minimum atomic E-state index is 0.419. The maximum absolute atomic E-state index is 3.78. The Morgan fingerprint density at radius 3 is 2.53 bits per heavy atom. The summed E-state index contributed by atoms with van der Waals surface area (Å²) in [6.45, 7) is 4.51. The molecule has 0 bridgehead atoms. The summed E-state index contributed by atoms with van der Waals surface area (Å²) < 4.78 is 0. The molecular formula is C17H23NS. The SMILES string of the molecule is CCCCC(NC(C)c1cccs1)c1ccccc1. The fourth-order valence-corrected chi connectivity index (χ4v) is 3.10. The van der Waals surface area contributed by atoms with Crippen LogP contribution in [0.4, 0.5) is 0 Å². The molecule has 0 amide bonds. The van der Waals surface area contributed by atoms with Crippen LogP contribution in [0.2, 0.25) is 0 Å². The van der Waals surface area contributed by atoms with Gasteiger partial charge in [0.25, 0.3) is 0 Å². The molecule has 2 unspecified atom stereocenters. The van der Waals surface area contributed by atoms with Gasteiger partial charge in [-0.3, -0.25) is 0 Å². The molecule has 0 aliphatic heterocycles. The lowest BCUT2D eigenvalue weighted by Gasteiger charge is -2.23. The Bertz CT molecular complexity index is 449. The van der Waals surface area contributed by atoms with E-state index in [1.54, 1.807) is 0 Å². The monoisotopic (exact) mass is 273 g/mol. The number of hydrogen-bond acceptors (Lipinski definition) is 2. The highest BCUT2D eigenvalue weighted by molar-refractivity contribution is 7.10. The molecule has 0 saturated carbocycles. The van der Waals surface area contributed by atoms with Crippen LogP contribution >= 0.6 is 11.3 Å². The zero-order valence-corrected chi connectivity index (χ0v) is 12.6. The third-order valence-corrected chi connectivity index (χ3v) is 4.52. The number of hydrogen-bond donors (Lipinski definition) is 1. The standard InChI is InChI=1S/C17H23NS/c1-3-4-11-16(15-9-6-5-7-10-15)18-14(2)17-12-8-13-19-17/h5-10,12-14,16,18H,3-4,11H2,1-2H3.